The summed E-state index contributed by atoms with van der Waals surface area (Å²) in [4.78, 5) is 12.7. The molecule has 0 amide bonds. The fourth-order valence-corrected chi connectivity index (χ4v) is 2.04. The van der Waals surface area contributed by atoms with E-state index in [2.05, 4.69) is 25.6 Å². The van der Waals surface area contributed by atoms with Crippen LogP contribution in [0.5, 0.6) is 5.88 Å². The number of nitrogens with one attached hydrogen (secondary N) is 2. The second-order valence-corrected chi connectivity index (χ2v) is 4.52. The predicted octanol–water partition coefficient (Wildman–Crippen LogP) is 1.88. The highest BCUT2D eigenvalue weighted by Crippen LogP contribution is 2.23. The van der Waals surface area contributed by atoms with Crippen molar-refractivity contribution in [2.24, 2.45) is 9.98 Å². The molecule has 1 aromatic heterocycles. The standard InChI is InChI=1S/C13H12ClN5O/c1-20-11-5-2-8(6-15-11)18-13-12-9(16-7-17-13)3-4-10(14)19-12/h2-7,9,18H,1H3,(H,16,17). The molecule has 102 valence electrons. The summed E-state index contributed by atoms with van der Waals surface area (Å²) in [5, 5.41) is 6.68. The minimum Gasteiger partial charge on any atom is -0.481 e. The molecule has 20 heavy (non-hydrogen) atoms. The molecule has 0 saturated heterocycles. The van der Waals surface area contributed by atoms with Gasteiger partial charge in [0.25, 0.3) is 0 Å². The molecule has 3 rings (SSSR count). The van der Waals surface area contributed by atoms with Gasteiger partial charge in [-0.2, -0.15) is 0 Å². The Hall–Kier alpha value is -2.34. The number of allylic oxidation sites excluding steroid dienone is 1. The molecule has 0 spiro atoms. The summed E-state index contributed by atoms with van der Waals surface area (Å²) in [7, 11) is 1.58. The van der Waals surface area contributed by atoms with E-state index < -0.39 is 0 Å². The quantitative estimate of drug-likeness (QED) is 0.891. The molecule has 0 aliphatic carbocycles. The van der Waals surface area contributed by atoms with E-state index in [0.29, 0.717) is 11.1 Å². The lowest BCUT2D eigenvalue weighted by Crippen LogP contribution is -2.29. The Morgan fingerprint density at radius 3 is 3.05 bits per heavy atom. The van der Waals surface area contributed by atoms with Crippen molar-refractivity contribution >= 4 is 28.8 Å². The maximum absolute atomic E-state index is 5.94. The molecule has 0 aromatic carbocycles. The van der Waals surface area contributed by atoms with Crippen LogP contribution in [0.4, 0.5) is 5.69 Å². The van der Waals surface area contributed by atoms with Crippen LogP contribution >= 0.6 is 11.6 Å². The highest BCUT2D eigenvalue weighted by molar-refractivity contribution is 6.68. The number of pyridine rings is 1. The van der Waals surface area contributed by atoms with E-state index in [0.717, 1.165) is 17.2 Å². The highest BCUT2D eigenvalue weighted by atomic mass is 35.5. The monoisotopic (exact) mass is 289 g/mol. The molecule has 3 heterocycles. The number of methoxy groups -OCH3 is 1. The Morgan fingerprint density at radius 2 is 2.30 bits per heavy atom. The van der Waals surface area contributed by atoms with Crippen molar-refractivity contribution in [1.82, 2.24) is 10.3 Å². The second-order valence-electron chi connectivity index (χ2n) is 4.14. The van der Waals surface area contributed by atoms with E-state index in [4.69, 9.17) is 16.3 Å². The molecule has 0 radical (unpaired) electrons. The third-order valence-corrected chi connectivity index (χ3v) is 3.05. The molecule has 1 unspecified atom stereocenters. The largest absolute Gasteiger partial charge is 0.481 e. The third kappa shape index (κ3) is 2.50. The second kappa shape index (κ2) is 5.34. The number of nitrogens with zero attached hydrogens (tertiary/aromatic N) is 3. The summed E-state index contributed by atoms with van der Waals surface area (Å²) in [6, 6.07) is 3.53. The van der Waals surface area contributed by atoms with E-state index in [1.165, 1.54) is 0 Å². The van der Waals surface area contributed by atoms with Gasteiger partial charge in [-0.25, -0.2) is 9.98 Å². The first-order valence-corrected chi connectivity index (χ1v) is 6.36. The van der Waals surface area contributed by atoms with Crippen LogP contribution in [0.1, 0.15) is 0 Å². The number of dihydropyridines is 1. The summed E-state index contributed by atoms with van der Waals surface area (Å²) < 4.78 is 5.02. The lowest BCUT2D eigenvalue weighted by atomic mass is 10.1. The van der Waals surface area contributed by atoms with Gasteiger partial charge in [-0.05, 0) is 12.1 Å². The first-order chi connectivity index (χ1) is 9.76. The predicted molar refractivity (Wildman–Crippen MR) is 79.3 cm³/mol. The summed E-state index contributed by atoms with van der Waals surface area (Å²) >= 11 is 5.94. The van der Waals surface area contributed by atoms with Crippen LogP contribution in [0.15, 0.2) is 52.0 Å². The first-order valence-electron chi connectivity index (χ1n) is 5.98. The molecule has 2 aliphatic rings. The number of ether oxygens (including phenoxy) is 1. The lowest BCUT2D eigenvalue weighted by Gasteiger charge is -2.22. The smallest absolute Gasteiger partial charge is 0.213 e. The molecule has 2 aliphatic heterocycles. The molecule has 6 nitrogen and oxygen atoms in total. The molecule has 1 aromatic rings. The van der Waals surface area contributed by atoms with Crippen LogP contribution in [0.2, 0.25) is 0 Å². The number of aromatic nitrogens is 1. The van der Waals surface area contributed by atoms with Crippen LogP contribution < -0.4 is 15.4 Å². The Morgan fingerprint density at radius 1 is 1.40 bits per heavy atom. The molecule has 1 atom stereocenters. The Kier molecular flexibility index (Phi) is 3.39. The van der Waals surface area contributed by atoms with Gasteiger partial charge in [-0.3, -0.25) is 4.99 Å². The molecule has 0 fully saturated rings. The number of rotatable bonds is 3. The minimum absolute atomic E-state index is 0.118. The van der Waals surface area contributed by atoms with Gasteiger partial charge >= 0.3 is 0 Å². The number of halogens is 1. The average molecular weight is 290 g/mol. The van der Waals surface area contributed by atoms with Gasteiger partial charge in [0.1, 0.15) is 22.7 Å². The Labute approximate surface area is 120 Å². The van der Waals surface area contributed by atoms with Gasteiger partial charge in [0, 0.05) is 6.07 Å². The van der Waals surface area contributed by atoms with Gasteiger partial charge in [0.2, 0.25) is 5.88 Å². The average Bonchev–Trinajstić information content (AvgIpc) is 2.49. The topological polar surface area (TPSA) is 70.9 Å². The summed E-state index contributed by atoms with van der Waals surface area (Å²) in [5.41, 5.74) is 1.56. The van der Waals surface area contributed by atoms with Gasteiger partial charge in [-0.15, -0.1) is 0 Å². The molecular weight excluding hydrogens is 278 g/mol. The number of hydrogen-bond acceptors (Lipinski definition) is 6. The van der Waals surface area contributed by atoms with E-state index >= 15 is 0 Å². The molecular formula is C13H12ClN5O. The van der Waals surface area contributed by atoms with Gasteiger partial charge in [-0.1, -0.05) is 17.7 Å². The van der Waals surface area contributed by atoms with Gasteiger partial charge in [0.05, 0.1) is 25.3 Å². The van der Waals surface area contributed by atoms with E-state index in [1.807, 2.05) is 12.1 Å². The molecule has 7 heteroatoms. The zero-order valence-electron chi connectivity index (χ0n) is 10.7. The van der Waals surface area contributed by atoms with Crippen molar-refractivity contribution < 1.29 is 4.74 Å². The number of fused-ring (bicyclic) bond motifs is 1. The lowest BCUT2D eigenvalue weighted by molar-refractivity contribution is 0.398. The molecule has 0 saturated carbocycles. The normalized spacial score (nSPS) is 20.1. The van der Waals surface area contributed by atoms with E-state index in [9.17, 15) is 0 Å². The Balaban J connectivity index is 1.86. The highest BCUT2D eigenvalue weighted by Gasteiger charge is 2.21. The van der Waals surface area contributed by atoms with Crippen LogP contribution in [0.25, 0.3) is 0 Å². The number of anilines is 1. The maximum Gasteiger partial charge on any atom is 0.213 e. The SMILES string of the molecule is COc1ccc(NC2=C3N=C(Cl)C=CC3N=CN2)cn1. The summed E-state index contributed by atoms with van der Waals surface area (Å²) in [6.07, 6.45) is 6.95. The third-order valence-electron chi connectivity index (χ3n) is 2.84. The van der Waals surface area contributed by atoms with Crippen molar-refractivity contribution in [2.45, 2.75) is 6.04 Å². The van der Waals surface area contributed by atoms with Crippen molar-refractivity contribution in [3.8, 4) is 5.88 Å². The van der Waals surface area contributed by atoms with E-state index in [1.54, 1.807) is 31.8 Å². The van der Waals surface area contributed by atoms with Crippen LogP contribution in [0, 0.1) is 0 Å². The van der Waals surface area contributed by atoms with Gasteiger partial charge < -0.3 is 15.4 Å². The van der Waals surface area contributed by atoms with Crippen molar-refractivity contribution in [1.29, 1.82) is 0 Å². The van der Waals surface area contributed by atoms with Crippen LogP contribution in [-0.2, 0) is 0 Å². The zero-order valence-corrected chi connectivity index (χ0v) is 11.4. The zero-order chi connectivity index (χ0) is 13.9. The molecule has 0 bridgehead atoms. The summed E-state index contributed by atoms with van der Waals surface area (Å²) in [5.74, 6) is 1.30. The number of hydrogen-bond donors (Lipinski definition) is 2. The number of aliphatic imine (C=N–C) groups is 2. The van der Waals surface area contributed by atoms with E-state index in [-0.39, 0.29) is 6.04 Å². The fraction of sp³-hybridized carbons (Fsp3) is 0.154. The van der Waals surface area contributed by atoms with Crippen LogP contribution in [-0.4, -0.2) is 29.6 Å². The fourth-order valence-electron chi connectivity index (χ4n) is 1.88. The summed E-state index contributed by atoms with van der Waals surface area (Å²) in [6.45, 7) is 0. The maximum atomic E-state index is 5.94. The first kappa shape index (κ1) is 12.7. The Bertz CT molecular complexity index is 633. The van der Waals surface area contributed by atoms with Crippen molar-refractivity contribution in [3.05, 3.63) is 42.0 Å². The van der Waals surface area contributed by atoms with Crippen molar-refractivity contribution in [3.63, 3.8) is 0 Å². The van der Waals surface area contributed by atoms with Gasteiger partial charge in [0.15, 0.2) is 0 Å². The van der Waals surface area contributed by atoms with Crippen LogP contribution in [0.3, 0.4) is 0 Å². The van der Waals surface area contributed by atoms with Crippen molar-refractivity contribution in [2.75, 3.05) is 12.4 Å². The molecule has 2 N–H and O–H groups in total. The minimum atomic E-state index is -0.118.